The van der Waals surface area contributed by atoms with Gasteiger partial charge < -0.3 is 10.2 Å². The zero-order chi connectivity index (χ0) is 9.86. The van der Waals surface area contributed by atoms with E-state index in [2.05, 4.69) is 28.9 Å². The third-order valence-corrected chi connectivity index (χ3v) is 4.43. The molecule has 0 radical (unpaired) electrons. The number of rotatable bonds is 2. The first-order chi connectivity index (χ1) is 6.79. The van der Waals surface area contributed by atoms with Crippen molar-refractivity contribution in [1.29, 1.82) is 0 Å². The summed E-state index contributed by atoms with van der Waals surface area (Å²) in [6.07, 6.45) is 2.74. The van der Waals surface area contributed by atoms with Gasteiger partial charge in [0.15, 0.2) is 0 Å². The maximum absolute atomic E-state index is 3.49. The second kappa shape index (κ2) is 4.86. The first-order valence-electron chi connectivity index (χ1n) is 5.79. The van der Waals surface area contributed by atoms with E-state index in [1.165, 1.54) is 57.1 Å². The molecule has 14 heavy (non-hydrogen) atoms. The highest BCUT2D eigenvalue weighted by atomic mass is 32.2. The molecule has 0 saturated carbocycles. The summed E-state index contributed by atoms with van der Waals surface area (Å²) in [5, 5.41) is 3.49. The molecule has 0 aromatic carbocycles. The molecule has 1 N–H and O–H groups in total. The summed E-state index contributed by atoms with van der Waals surface area (Å²) >= 11 is 2.12. The fraction of sp³-hybridized carbons (Fsp3) is 1.00. The lowest BCUT2D eigenvalue weighted by atomic mass is 9.89. The minimum Gasteiger partial charge on any atom is -0.316 e. The number of nitrogens with zero attached hydrogens (tertiary/aromatic N) is 1. The summed E-state index contributed by atoms with van der Waals surface area (Å²) in [7, 11) is 0. The first-order valence-corrected chi connectivity index (χ1v) is 6.95. The van der Waals surface area contributed by atoms with Gasteiger partial charge in [0, 0.05) is 25.4 Å². The fourth-order valence-corrected chi connectivity index (χ4v) is 3.42. The van der Waals surface area contributed by atoms with Crippen LogP contribution in [-0.2, 0) is 0 Å². The quantitative estimate of drug-likeness (QED) is 0.748. The van der Waals surface area contributed by atoms with Gasteiger partial charge in [0.2, 0.25) is 0 Å². The molecule has 2 heterocycles. The second-order valence-corrected chi connectivity index (χ2v) is 6.20. The third kappa shape index (κ3) is 2.88. The van der Waals surface area contributed by atoms with Crippen molar-refractivity contribution in [3.63, 3.8) is 0 Å². The Morgan fingerprint density at radius 1 is 1.36 bits per heavy atom. The molecule has 1 unspecified atom stereocenters. The fourth-order valence-electron chi connectivity index (χ4n) is 2.50. The molecule has 2 aliphatic heterocycles. The summed E-state index contributed by atoms with van der Waals surface area (Å²) in [4.78, 5) is 2.67. The van der Waals surface area contributed by atoms with Gasteiger partial charge in [-0.25, -0.2) is 0 Å². The molecule has 0 aromatic rings. The highest BCUT2D eigenvalue weighted by Crippen LogP contribution is 2.26. The van der Waals surface area contributed by atoms with Crippen LogP contribution < -0.4 is 5.32 Å². The number of hydrogen-bond donors (Lipinski definition) is 1. The van der Waals surface area contributed by atoms with Gasteiger partial charge in [0.05, 0.1) is 0 Å². The molecule has 0 bridgehead atoms. The van der Waals surface area contributed by atoms with Gasteiger partial charge in [-0.15, -0.1) is 0 Å². The minimum absolute atomic E-state index is 0.551. The zero-order valence-corrected chi connectivity index (χ0v) is 10.0. The molecule has 0 aromatic heterocycles. The Hall–Kier alpha value is 0.270. The largest absolute Gasteiger partial charge is 0.316 e. The van der Waals surface area contributed by atoms with Crippen molar-refractivity contribution in [3.05, 3.63) is 0 Å². The molecule has 2 rings (SSSR count). The van der Waals surface area contributed by atoms with E-state index in [0.717, 1.165) is 0 Å². The van der Waals surface area contributed by atoms with Crippen LogP contribution >= 0.6 is 11.8 Å². The third-order valence-electron chi connectivity index (χ3n) is 3.38. The Morgan fingerprint density at radius 3 is 3.07 bits per heavy atom. The number of thioether (sulfide) groups is 1. The maximum atomic E-state index is 3.49. The summed E-state index contributed by atoms with van der Waals surface area (Å²) in [5.74, 6) is 2.70. The Bertz CT molecular complexity index is 170. The molecular formula is C11H22N2S. The summed E-state index contributed by atoms with van der Waals surface area (Å²) in [5.41, 5.74) is 0.551. The lowest BCUT2D eigenvalue weighted by Crippen LogP contribution is -2.38. The van der Waals surface area contributed by atoms with Gasteiger partial charge in [0.25, 0.3) is 0 Å². The lowest BCUT2D eigenvalue weighted by molar-refractivity contribution is 0.188. The molecular weight excluding hydrogens is 192 g/mol. The van der Waals surface area contributed by atoms with Crippen molar-refractivity contribution < 1.29 is 0 Å². The summed E-state index contributed by atoms with van der Waals surface area (Å²) in [6, 6.07) is 0. The first kappa shape index (κ1) is 10.8. The molecule has 2 aliphatic rings. The van der Waals surface area contributed by atoms with Crippen LogP contribution in [0.5, 0.6) is 0 Å². The van der Waals surface area contributed by atoms with Crippen molar-refractivity contribution in [2.75, 3.05) is 44.2 Å². The van der Waals surface area contributed by atoms with Crippen LogP contribution in [0, 0.1) is 5.41 Å². The van der Waals surface area contributed by atoms with Crippen LogP contribution in [0.4, 0.5) is 0 Å². The summed E-state index contributed by atoms with van der Waals surface area (Å²) < 4.78 is 0. The van der Waals surface area contributed by atoms with E-state index in [4.69, 9.17) is 0 Å². The molecule has 0 amide bonds. The maximum Gasteiger partial charge on any atom is 0.00726 e. The summed E-state index contributed by atoms with van der Waals surface area (Å²) in [6.45, 7) is 8.81. The van der Waals surface area contributed by atoms with Gasteiger partial charge in [0.1, 0.15) is 0 Å². The van der Waals surface area contributed by atoms with Crippen LogP contribution in [-0.4, -0.2) is 49.1 Å². The van der Waals surface area contributed by atoms with Crippen LogP contribution in [0.3, 0.4) is 0 Å². The smallest absolute Gasteiger partial charge is 0.00726 e. The highest BCUT2D eigenvalue weighted by Gasteiger charge is 2.30. The van der Waals surface area contributed by atoms with Crippen molar-refractivity contribution in [3.8, 4) is 0 Å². The van der Waals surface area contributed by atoms with Gasteiger partial charge in [-0.1, -0.05) is 6.92 Å². The topological polar surface area (TPSA) is 15.3 Å². The van der Waals surface area contributed by atoms with Gasteiger partial charge in [-0.05, 0) is 37.1 Å². The average molecular weight is 214 g/mol. The predicted octanol–water partition coefficient (Wildman–Crippen LogP) is 1.42. The minimum atomic E-state index is 0.551. The predicted molar refractivity (Wildman–Crippen MR) is 64.0 cm³/mol. The normalized spacial score (nSPS) is 35.8. The SMILES string of the molecule is CC1(CN2CCCSCC2)CCNC1. The molecule has 2 fully saturated rings. The van der Waals surface area contributed by atoms with E-state index in [1.54, 1.807) is 0 Å². The molecule has 0 spiro atoms. The van der Waals surface area contributed by atoms with E-state index < -0.39 is 0 Å². The Kier molecular flexibility index (Phi) is 3.74. The molecule has 82 valence electrons. The van der Waals surface area contributed by atoms with E-state index in [9.17, 15) is 0 Å². The van der Waals surface area contributed by atoms with Crippen molar-refractivity contribution in [2.45, 2.75) is 19.8 Å². The Labute approximate surface area is 91.8 Å². The number of hydrogen-bond acceptors (Lipinski definition) is 3. The monoisotopic (exact) mass is 214 g/mol. The van der Waals surface area contributed by atoms with Crippen LogP contribution in [0.15, 0.2) is 0 Å². The Balaban J connectivity index is 1.82. The number of nitrogens with one attached hydrogen (secondary N) is 1. The molecule has 3 heteroatoms. The molecule has 2 saturated heterocycles. The van der Waals surface area contributed by atoms with Crippen molar-refractivity contribution >= 4 is 11.8 Å². The Morgan fingerprint density at radius 2 is 2.29 bits per heavy atom. The van der Waals surface area contributed by atoms with Gasteiger partial charge in [-0.3, -0.25) is 0 Å². The van der Waals surface area contributed by atoms with Crippen LogP contribution in [0.25, 0.3) is 0 Å². The van der Waals surface area contributed by atoms with Crippen molar-refractivity contribution in [2.24, 2.45) is 5.41 Å². The zero-order valence-electron chi connectivity index (χ0n) is 9.22. The second-order valence-electron chi connectivity index (χ2n) is 4.98. The van der Waals surface area contributed by atoms with Crippen LogP contribution in [0.2, 0.25) is 0 Å². The highest BCUT2D eigenvalue weighted by molar-refractivity contribution is 7.99. The average Bonchev–Trinajstić information content (AvgIpc) is 2.43. The van der Waals surface area contributed by atoms with Crippen molar-refractivity contribution in [1.82, 2.24) is 10.2 Å². The molecule has 2 nitrogen and oxygen atoms in total. The van der Waals surface area contributed by atoms with E-state index >= 15 is 0 Å². The van der Waals surface area contributed by atoms with E-state index in [-0.39, 0.29) is 0 Å². The van der Waals surface area contributed by atoms with Gasteiger partial charge in [-0.2, -0.15) is 11.8 Å². The van der Waals surface area contributed by atoms with E-state index in [0.29, 0.717) is 5.41 Å². The molecule has 1 atom stereocenters. The van der Waals surface area contributed by atoms with Crippen LogP contribution in [0.1, 0.15) is 19.8 Å². The van der Waals surface area contributed by atoms with E-state index in [1.807, 2.05) is 0 Å². The lowest BCUT2D eigenvalue weighted by Gasteiger charge is -2.30. The molecule has 0 aliphatic carbocycles. The standard InChI is InChI=1S/C11H22N2S/c1-11(3-4-12-9-11)10-13-5-2-7-14-8-6-13/h12H,2-10H2,1H3. The van der Waals surface area contributed by atoms with Gasteiger partial charge >= 0.3 is 0 Å².